The highest BCUT2D eigenvalue weighted by Crippen LogP contribution is 2.22. The van der Waals surface area contributed by atoms with E-state index in [0.717, 1.165) is 31.4 Å². The van der Waals surface area contributed by atoms with Gasteiger partial charge >= 0.3 is 0 Å². The van der Waals surface area contributed by atoms with E-state index in [1.54, 1.807) is 12.1 Å². The maximum absolute atomic E-state index is 12.8. The van der Waals surface area contributed by atoms with Crippen molar-refractivity contribution in [3.05, 3.63) is 59.9 Å². The molecule has 0 amide bonds. The van der Waals surface area contributed by atoms with Crippen molar-refractivity contribution in [1.29, 1.82) is 0 Å². The molecule has 0 unspecified atom stereocenters. The van der Waals surface area contributed by atoms with Crippen LogP contribution >= 0.6 is 0 Å². The van der Waals surface area contributed by atoms with Crippen LogP contribution in [0, 0.1) is 5.82 Å². The van der Waals surface area contributed by atoms with E-state index in [9.17, 15) is 9.18 Å². The van der Waals surface area contributed by atoms with E-state index >= 15 is 0 Å². The minimum absolute atomic E-state index is 0.267. The van der Waals surface area contributed by atoms with Crippen molar-refractivity contribution < 1.29 is 13.9 Å². The first-order valence-electron chi connectivity index (χ1n) is 8.15. The molecular weight excluding hydrogens is 291 g/mol. The maximum atomic E-state index is 12.8. The third-order valence-electron chi connectivity index (χ3n) is 3.72. The molecule has 1 radical (unpaired) electrons. The fourth-order valence-electron chi connectivity index (χ4n) is 2.42. The molecule has 0 bridgehead atoms. The van der Waals surface area contributed by atoms with E-state index < -0.39 is 0 Å². The summed E-state index contributed by atoms with van der Waals surface area (Å²) in [5.74, 6) is 1.12. The molecule has 0 atom stereocenters. The van der Waals surface area contributed by atoms with Crippen molar-refractivity contribution in [2.45, 2.75) is 44.9 Å². The Morgan fingerprint density at radius 2 is 1.35 bits per heavy atom. The van der Waals surface area contributed by atoms with Crippen molar-refractivity contribution in [2.75, 3.05) is 0 Å². The number of halogens is 1. The lowest BCUT2D eigenvalue weighted by atomic mass is 10.0. The average Bonchev–Trinajstić information content (AvgIpc) is 2.58. The monoisotopic (exact) mass is 313 g/mol. The molecule has 2 rings (SSSR count). The molecule has 0 aliphatic heterocycles. The lowest BCUT2D eigenvalue weighted by Gasteiger charge is -2.07. The second-order valence-corrected chi connectivity index (χ2v) is 5.61. The van der Waals surface area contributed by atoms with Crippen LogP contribution in [0.25, 0.3) is 0 Å². The lowest BCUT2D eigenvalue weighted by molar-refractivity contribution is 0.480. The van der Waals surface area contributed by atoms with Crippen molar-refractivity contribution in [3.63, 3.8) is 0 Å². The number of benzene rings is 2. The average molecular weight is 313 g/mol. The van der Waals surface area contributed by atoms with Crippen LogP contribution < -0.4 is 4.74 Å². The highest BCUT2D eigenvalue weighted by atomic mass is 19.1. The Morgan fingerprint density at radius 1 is 0.783 bits per heavy atom. The van der Waals surface area contributed by atoms with Gasteiger partial charge in [0.05, 0.1) is 0 Å². The van der Waals surface area contributed by atoms with Crippen molar-refractivity contribution in [3.8, 4) is 11.5 Å². The van der Waals surface area contributed by atoms with Gasteiger partial charge < -0.3 is 4.74 Å². The molecule has 121 valence electrons. The molecule has 2 nitrogen and oxygen atoms in total. The van der Waals surface area contributed by atoms with Gasteiger partial charge in [-0.3, -0.25) is 4.79 Å². The summed E-state index contributed by atoms with van der Waals surface area (Å²) in [6.45, 7) is 0. The standard InChI is InChI=1S/C20H22FO2/c21-18-10-14-20(15-11-18)23-19-12-8-17(9-13-19)7-5-3-1-2-4-6-16-22/h8-15H,1-7H2. The van der Waals surface area contributed by atoms with Crippen molar-refractivity contribution >= 4 is 6.29 Å². The van der Waals surface area contributed by atoms with Crippen LogP contribution in [0.2, 0.25) is 0 Å². The van der Waals surface area contributed by atoms with Crippen LogP contribution in [-0.2, 0) is 11.2 Å². The third kappa shape index (κ3) is 6.64. The Labute approximate surface area is 137 Å². The molecular formula is C20H22FO2. The SMILES string of the molecule is O=[C]CCCCCCCc1ccc(Oc2ccc(F)cc2)cc1. The molecule has 0 fully saturated rings. The quantitative estimate of drug-likeness (QED) is 0.533. The number of ether oxygens (including phenoxy) is 1. The van der Waals surface area contributed by atoms with Crippen LogP contribution in [0.15, 0.2) is 48.5 Å². The summed E-state index contributed by atoms with van der Waals surface area (Å²) in [5.41, 5.74) is 1.29. The summed E-state index contributed by atoms with van der Waals surface area (Å²) in [5, 5.41) is 0. The highest BCUT2D eigenvalue weighted by molar-refractivity contribution is 5.50. The van der Waals surface area contributed by atoms with Gasteiger partial charge in [0.15, 0.2) is 6.29 Å². The Balaban J connectivity index is 1.70. The van der Waals surface area contributed by atoms with Gasteiger partial charge in [-0.05, 0) is 61.2 Å². The van der Waals surface area contributed by atoms with Crippen LogP contribution in [-0.4, -0.2) is 6.29 Å². The smallest absolute Gasteiger partial charge is 0.198 e. The van der Waals surface area contributed by atoms with E-state index in [1.165, 1.54) is 30.5 Å². The molecule has 3 heteroatoms. The molecule has 0 saturated carbocycles. The normalized spacial score (nSPS) is 10.5. The van der Waals surface area contributed by atoms with E-state index in [1.807, 2.05) is 18.4 Å². The van der Waals surface area contributed by atoms with Crippen LogP contribution in [0.1, 0.15) is 44.1 Å². The first kappa shape index (κ1) is 17.2. The Morgan fingerprint density at radius 3 is 2.00 bits per heavy atom. The largest absolute Gasteiger partial charge is 0.457 e. The number of rotatable bonds is 10. The van der Waals surface area contributed by atoms with E-state index in [0.29, 0.717) is 12.2 Å². The van der Waals surface area contributed by atoms with Gasteiger partial charge in [-0.15, -0.1) is 0 Å². The van der Waals surface area contributed by atoms with Gasteiger partial charge in [0.2, 0.25) is 0 Å². The molecule has 0 spiro atoms. The van der Waals surface area contributed by atoms with Crippen LogP contribution in [0.5, 0.6) is 11.5 Å². The van der Waals surface area contributed by atoms with Crippen LogP contribution in [0.4, 0.5) is 4.39 Å². The lowest BCUT2D eigenvalue weighted by Crippen LogP contribution is -1.88. The number of aryl methyl sites for hydroxylation is 1. The van der Waals surface area contributed by atoms with Gasteiger partial charge in [-0.25, -0.2) is 4.39 Å². The van der Waals surface area contributed by atoms with Gasteiger partial charge in [0.1, 0.15) is 17.3 Å². The summed E-state index contributed by atoms with van der Waals surface area (Å²) in [4.78, 5) is 10.1. The van der Waals surface area contributed by atoms with E-state index in [2.05, 4.69) is 12.1 Å². The van der Waals surface area contributed by atoms with Crippen LogP contribution in [0.3, 0.4) is 0 Å². The Bertz CT molecular complexity index is 576. The summed E-state index contributed by atoms with van der Waals surface area (Å²) in [6.07, 6.45) is 9.13. The number of hydrogen-bond acceptors (Lipinski definition) is 2. The number of carbonyl (C=O) groups excluding carboxylic acids is 1. The molecule has 0 aliphatic carbocycles. The minimum atomic E-state index is -0.267. The van der Waals surface area contributed by atoms with Gasteiger partial charge in [0, 0.05) is 6.42 Å². The molecule has 0 N–H and O–H groups in total. The zero-order valence-corrected chi connectivity index (χ0v) is 13.3. The third-order valence-corrected chi connectivity index (χ3v) is 3.72. The van der Waals surface area contributed by atoms with E-state index in [4.69, 9.17) is 4.74 Å². The van der Waals surface area contributed by atoms with E-state index in [-0.39, 0.29) is 5.82 Å². The summed E-state index contributed by atoms with van der Waals surface area (Å²) >= 11 is 0. The zero-order chi connectivity index (χ0) is 16.3. The molecule has 2 aromatic carbocycles. The van der Waals surface area contributed by atoms with Gasteiger partial charge in [-0.1, -0.05) is 31.4 Å². The topological polar surface area (TPSA) is 26.3 Å². The highest BCUT2D eigenvalue weighted by Gasteiger charge is 1.99. The molecule has 0 aliphatic rings. The fraction of sp³-hybridized carbons (Fsp3) is 0.350. The second-order valence-electron chi connectivity index (χ2n) is 5.61. The molecule has 0 heterocycles. The number of unbranched alkanes of at least 4 members (excludes halogenated alkanes) is 5. The van der Waals surface area contributed by atoms with Gasteiger partial charge in [0.25, 0.3) is 0 Å². The predicted molar refractivity (Wildman–Crippen MR) is 90.0 cm³/mol. The molecule has 23 heavy (non-hydrogen) atoms. The first-order chi connectivity index (χ1) is 11.3. The molecule has 2 aromatic rings. The Kier molecular flexibility index (Phi) is 7.31. The second kappa shape index (κ2) is 9.78. The molecule has 0 saturated heterocycles. The Hall–Kier alpha value is -2.16. The maximum Gasteiger partial charge on any atom is 0.198 e. The minimum Gasteiger partial charge on any atom is -0.457 e. The predicted octanol–water partition coefficient (Wildman–Crippen LogP) is 5.61. The summed E-state index contributed by atoms with van der Waals surface area (Å²) in [6, 6.07) is 14.0. The zero-order valence-electron chi connectivity index (χ0n) is 13.3. The summed E-state index contributed by atoms with van der Waals surface area (Å²) in [7, 11) is 0. The number of hydrogen-bond donors (Lipinski definition) is 0. The fourth-order valence-corrected chi connectivity index (χ4v) is 2.42. The van der Waals surface area contributed by atoms with Crippen molar-refractivity contribution in [2.24, 2.45) is 0 Å². The van der Waals surface area contributed by atoms with Crippen molar-refractivity contribution in [1.82, 2.24) is 0 Å². The molecule has 0 aromatic heterocycles. The van der Waals surface area contributed by atoms with Gasteiger partial charge in [-0.2, -0.15) is 0 Å². The summed E-state index contributed by atoms with van der Waals surface area (Å²) < 4.78 is 18.5. The first-order valence-corrected chi connectivity index (χ1v) is 8.15.